The number of hydrogen-bond acceptors (Lipinski definition) is 2. The number of benzene rings is 1. The first-order valence-electron chi connectivity index (χ1n) is 7.22. The minimum Gasteiger partial charge on any atom is -0.396 e. The van der Waals surface area contributed by atoms with Gasteiger partial charge in [0.2, 0.25) is 0 Å². The molecule has 0 fully saturated rings. The topological polar surface area (TPSA) is 23.5 Å². The molecule has 0 unspecified atom stereocenters. The van der Waals surface area contributed by atoms with Crippen LogP contribution in [0.25, 0.3) is 0 Å². The summed E-state index contributed by atoms with van der Waals surface area (Å²) < 4.78 is 0. The van der Waals surface area contributed by atoms with E-state index in [1.165, 1.54) is 18.4 Å². The van der Waals surface area contributed by atoms with Crippen molar-refractivity contribution in [2.24, 2.45) is 5.92 Å². The van der Waals surface area contributed by atoms with Crippen molar-refractivity contribution in [3.8, 4) is 0 Å². The van der Waals surface area contributed by atoms with Gasteiger partial charge in [-0.15, -0.1) is 0 Å². The summed E-state index contributed by atoms with van der Waals surface area (Å²) in [6.45, 7) is 1.24. The van der Waals surface area contributed by atoms with E-state index >= 15 is 0 Å². The van der Waals surface area contributed by atoms with Crippen LogP contribution in [0.15, 0.2) is 18.2 Å². The van der Waals surface area contributed by atoms with E-state index in [4.69, 9.17) is 23.2 Å². The van der Waals surface area contributed by atoms with Gasteiger partial charge in [0.15, 0.2) is 0 Å². The quantitative estimate of drug-likeness (QED) is 0.688. The third-order valence-electron chi connectivity index (χ3n) is 3.44. The minimum absolute atomic E-state index is 0.283. The van der Waals surface area contributed by atoms with Crippen molar-refractivity contribution in [3.05, 3.63) is 33.8 Å². The standard InChI is InChI=1S/C16H25Cl2NO/c1-19(2)11-14(12-20)7-5-3-4-6-13-8-9-15(17)16(18)10-13/h8-10,14,20H,3-7,11-12H2,1-2H3/t14-/m0/s1. The Hall–Kier alpha value is -0.280. The molecule has 0 saturated heterocycles. The van der Waals surface area contributed by atoms with Crippen LogP contribution in [0.5, 0.6) is 0 Å². The van der Waals surface area contributed by atoms with Crippen LogP contribution in [0.4, 0.5) is 0 Å². The van der Waals surface area contributed by atoms with Crippen molar-refractivity contribution in [3.63, 3.8) is 0 Å². The van der Waals surface area contributed by atoms with Crippen LogP contribution in [0, 0.1) is 5.92 Å². The Bertz CT molecular complexity index is 396. The van der Waals surface area contributed by atoms with Gasteiger partial charge in [0.1, 0.15) is 0 Å². The van der Waals surface area contributed by atoms with Crippen molar-refractivity contribution in [1.29, 1.82) is 0 Å². The number of hydrogen-bond donors (Lipinski definition) is 1. The molecule has 0 aliphatic rings. The second-order valence-electron chi connectivity index (χ2n) is 5.66. The summed E-state index contributed by atoms with van der Waals surface area (Å²) in [4.78, 5) is 2.14. The minimum atomic E-state index is 0.283. The van der Waals surface area contributed by atoms with Crippen molar-refractivity contribution in [2.45, 2.75) is 32.1 Å². The van der Waals surface area contributed by atoms with Crippen LogP contribution in [-0.4, -0.2) is 37.3 Å². The van der Waals surface area contributed by atoms with Gasteiger partial charge < -0.3 is 10.0 Å². The predicted octanol–water partition coefficient (Wildman–Crippen LogP) is 4.27. The fraction of sp³-hybridized carbons (Fsp3) is 0.625. The van der Waals surface area contributed by atoms with Crippen LogP contribution in [0.1, 0.15) is 31.2 Å². The summed E-state index contributed by atoms with van der Waals surface area (Å²) in [7, 11) is 4.10. The summed E-state index contributed by atoms with van der Waals surface area (Å²) in [5.74, 6) is 0.398. The third-order valence-corrected chi connectivity index (χ3v) is 4.18. The Morgan fingerprint density at radius 2 is 1.85 bits per heavy atom. The maximum absolute atomic E-state index is 9.31. The van der Waals surface area contributed by atoms with E-state index < -0.39 is 0 Å². The van der Waals surface area contributed by atoms with E-state index in [0.29, 0.717) is 16.0 Å². The van der Waals surface area contributed by atoms with Gasteiger partial charge in [-0.25, -0.2) is 0 Å². The first kappa shape index (κ1) is 17.8. The molecule has 0 aliphatic carbocycles. The number of unbranched alkanes of at least 4 members (excludes halogenated alkanes) is 2. The summed E-state index contributed by atoms with van der Waals surface area (Å²) in [6.07, 6.45) is 5.63. The highest BCUT2D eigenvalue weighted by atomic mass is 35.5. The number of halogens is 2. The predicted molar refractivity (Wildman–Crippen MR) is 87.8 cm³/mol. The fourth-order valence-electron chi connectivity index (χ4n) is 2.39. The van der Waals surface area contributed by atoms with E-state index in [-0.39, 0.29) is 6.61 Å². The van der Waals surface area contributed by atoms with Gasteiger partial charge >= 0.3 is 0 Å². The van der Waals surface area contributed by atoms with E-state index in [1.807, 2.05) is 32.3 Å². The van der Waals surface area contributed by atoms with E-state index in [0.717, 1.165) is 25.8 Å². The maximum Gasteiger partial charge on any atom is 0.0595 e. The Labute approximate surface area is 132 Å². The van der Waals surface area contributed by atoms with Crippen molar-refractivity contribution in [1.82, 2.24) is 4.90 Å². The largest absolute Gasteiger partial charge is 0.396 e. The second-order valence-corrected chi connectivity index (χ2v) is 6.47. The molecule has 0 bridgehead atoms. The molecule has 2 nitrogen and oxygen atoms in total. The van der Waals surface area contributed by atoms with E-state index in [9.17, 15) is 5.11 Å². The lowest BCUT2D eigenvalue weighted by atomic mass is 10.00. The van der Waals surface area contributed by atoms with Gasteiger partial charge in [0, 0.05) is 13.2 Å². The molecule has 1 aromatic rings. The molecule has 0 aromatic heterocycles. The van der Waals surface area contributed by atoms with Gasteiger partial charge in [-0.3, -0.25) is 0 Å². The molecule has 1 N–H and O–H groups in total. The van der Waals surface area contributed by atoms with Crippen LogP contribution in [-0.2, 0) is 6.42 Å². The molecule has 114 valence electrons. The Morgan fingerprint density at radius 3 is 2.45 bits per heavy atom. The van der Waals surface area contributed by atoms with Gasteiger partial charge in [-0.1, -0.05) is 42.1 Å². The molecule has 1 aromatic carbocycles. The van der Waals surface area contributed by atoms with Crippen LogP contribution in [0.3, 0.4) is 0 Å². The normalized spacial score (nSPS) is 12.9. The number of aliphatic hydroxyl groups is 1. The smallest absolute Gasteiger partial charge is 0.0595 e. The molecule has 1 rings (SSSR count). The molecule has 0 aliphatic heterocycles. The van der Waals surface area contributed by atoms with Gasteiger partial charge in [0.25, 0.3) is 0 Å². The molecular weight excluding hydrogens is 293 g/mol. The van der Waals surface area contributed by atoms with Crippen molar-refractivity contribution >= 4 is 23.2 Å². The highest BCUT2D eigenvalue weighted by molar-refractivity contribution is 6.42. The van der Waals surface area contributed by atoms with Gasteiger partial charge in [-0.05, 0) is 57.0 Å². The van der Waals surface area contributed by atoms with Crippen molar-refractivity contribution < 1.29 is 5.11 Å². The molecule has 1 atom stereocenters. The number of aliphatic hydroxyl groups excluding tert-OH is 1. The highest BCUT2D eigenvalue weighted by Crippen LogP contribution is 2.23. The Balaban J connectivity index is 2.19. The third kappa shape index (κ3) is 6.94. The van der Waals surface area contributed by atoms with Crippen LogP contribution >= 0.6 is 23.2 Å². The summed E-state index contributed by atoms with van der Waals surface area (Å²) >= 11 is 11.9. The monoisotopic (exact) mass is 317 g/mol. The molecule has 0 heterocycles. The lowest BCUT2D eigenvalue weighted by molar-refractivity contribution is 0.182. The number of nitrogens with zero attached hydrogens (tertiary/aromatic N) is 1. The zero-order chi connectivity index (χ0) is 15.0. The second kappa shape index (κ2) is 9.62. The lowest BCUT2D eigenvalue weighted by Gasteiger charge is -2.18. The molecular formula is C16H25Cl2NO. The van der Waals surface area contributed by atoms with Crippen molar-refractivity contribution in [2.75, 3.05) is 27.2 Å². The molecule has 0 spiro atoms. The van der Waals surface area contributed by atoms with Gasteiger partial charge in [-0.2, -0.15) is 0 Å². The molecule has 20 heavy (non-hydrogen) atoms. The summed E-state index contributed by atoms with van der Waals surface area (Å²) in [5.41, 5.74) is 1.24. The number of aryl methyl sites for hydroxylation is 1. The zero-order valence-corrected chi connectivity index (χ0v) is 13.9. The first-order chi connectivity index (χ1) is 9.52. The number of rotatable bonds is 9. The zero-order valence-electron chi connectivity index (χ0n) is 12.4. The Morgan fingerprint density at radius 1 is 1.10 bits per heavy atom. The van der Waals surface area contributed by atoms with Crippen LogP contribution < -0.4 is 0 Å². The average Bonchev–Trinajstić information content (AvgIpc) is 2.40. The van der Waals surface area contributed by atoms with E-state index in [2.05, 4.69) is 4.90 Å². The van der Waals surface area contributed by atoms with E-state index in [1.54, 1.807) is 0 Å². The molecule has 0 amide bonds. The average molecular weight is 318 g/mol. The summed E-state index contributed by atoms with van der Waals surface area (Å²) in [5, 5.41) is 10.6. The van der Waals surface area contributed by atoms with Gasteiger partial charge in [0.05, 0.1) is 10.0 Å². The fourth-order valence-corrected chi connectivity index (χ4v) is 2.71. The molecule has 0 radical (unpaired) electrons. The molecule has 0 saturated carbocycles. The summed E-state index contributed by atoms with van der Waals surface area (Å²) in [6, 6.07) is 5.85. The van der Waals surface area contributed by atoms with Crippen LogP contribution in [0.2, 0.25) is 10.0 Å². The molecule has 4 heteroatoms. The Kier molecular flexibility index (Phi) is 8.55. The maximum atomic E-state index is 9.31. The highest BCUT2D eigenvalue weighted by Gasteiger charge is 2.08. The lowest BCUT2D eigenvalue weighted by Crippen LogP contribution is -2.24. The SMILES string of the molecule is CN(C)C[C@@H](CO)CCCCCc1ccc(Cl)c(Cl)c1. The first-order valence-corrected chi connectivity index (χ1v) is 7.98.